The standard InChI is InChI=1S/C16H18F2N4O/c17-13-8-15(22-4-1-2-5-22)14(18)7-12(13)16(23)20-11-3-6-21(9-11)10-19/h7-8,11H,1-6,9H2,(H,20,23). The molecule has 0 aromatic heterocycles. The van der Waals surface area contributed by atoms with Gasteiger partial charge in [-0.3, -0.25) is 4.79 Å². The minimum Gasteiger partial charge on any atom is -0.369 e. The molecule has 2 saturated heterocycles. The van der Waals surface area contributed by atoms with Gasteiger partial charge in [0.15, 0.2) is 6.19 Å². The molecular weight excluding hydrogens is 302 g/mol. The van der Waals surface area contributed by atoms with Crippen molar-refractivity contribution < 1.29 is 13.6 Å². The van der Waals surface area contributed by atoms with Crippen molar-refractivity contribution in [3.05, 3.63) is 29.3 Å². The van der Waals surface area contributed by atoms with E-state index in [0.717, 1.165) is 25.0 Å². The Balaban J connectivity index is 1.73. The van der Waals surface area contributed by atoms with Crippen molar-refractivity contribution >= 4 is 11.6 Å². The molecule has 1 aromatic rings. The van der Waals surface area contributed by atoms with E-state index in [9.17, 15) is 13.6 Å². The van der Waals surface area contributed by atoms with Crippen molar-refractivity contribution in [1.82, 2.24) is 10.2 Å². The fourth-order valence-electron chi connectivity index (χ4n) is 3.14. The summed E-state index contributed by atoms with van der Waals surface area (Å²) in [6, 6.07) is 1.85. The van der Waals surface area contributed by atoms with Crippen LogP contribution in [0.15, 0.2) is 12.1 Å². The van der Waals surface area contributed by atoms with Crippen LogP contribution < -0.4 is 10.2 Å². The van der Waals surface area contributed by atoms with Crippen LogP contribution >= 0.6 is 0 Å². The fraction of sp³-hybridized carbons (Fsp3) is 0.500. The Morgan fingerprint density at radius 2 is 1.96 bits per heavy atom. The number of hydrogen-bond acceptors (Lipinski definition) is 4. The zero-order valence-electron chi connectivity index (χ0n) is 12.7. The van der Waals surface area contributed by atoms with Gasteiger partial charge in [0.05, 0.1) is 11.3 Å². The van der Waals surface area contributed by atoms with Crippen LogP contribution in [0.1, 0.15) is 29.6 Å². The van der Waals surface area contributed by atoms with Crippen LogP contribution in [0.5, 0.6) is 0 Å². The number of anilines is 1. The minimum atomic E-state index is -0.721. The molecule has 0 saturated carbocycles. The quantitative estimate of drug-likeness (QED) is 0.864. The average molecular weight is 320 g/mol. The highest BCUT2D eigenvalue weighted by Crippen LogP contribution is 2.26. The molecule has 3 rings (SSSR count). The monoisotopic (exact) mass is 320 g/mol. The van der Waals surface area contributed by atoms with Gasteiger partial charge in [0.25, 0.3) is 5.91 Å². The molecule has 122 valence electrons. The summed E-state index contributed by atoms with van der Waals surface area (Å²) < 4.78 is 28.5. The zero-order chi connectivity index (χ0) is 16.4. The van der Waals surface area contributed by atoms with E-state index in [0.29, 0.717) is 32.6 Å². The second-order valence-electron chi connectivity index (χ2n) is 5.98. The number of nitriles is 1. The van der Waals surface area contributed by atoms with Gasteiger partial charge >= 0.3 is 0 Å². The number of carbonyl (C=O) groups excluding carboxylic acids is 1. The van der Waals surface area contributed by atoms with Gasteiger partial charge in [-0.2, -0.15) is 5.26 Å². The maximum atomic E-state index is 14.2. The third-order valence-corrected chi connectivity index (χ3v) is 4.39. The van der Waals surface area contributed by atoms with E-state index in [4.69, 9.17) is 5.26 Å². The van der Waals surface area contributed by atoms with E-state index in [2.05, 4.69) is 5.32 Å². The molecule has 2 aliphatic rings. The van der Waals surface area contributed by atoms with E-state index in [-0.39, 0.29) is 17.3 Å². The number of halogens is 2. The van der Waals surface area contributed by atoms with Crippen molar-refractivity contribution in [2.24, 2.45) is 0 Å². The predicted octanol–water partition coefficient (Wildman–Crippen LogP) is 1.85. The number of benzene rings is 1. The normalized spacial score (nSPS) is 20.7. The SMILES string of the molecule is N#CN1CCC(NC(=O)c2cc(F)c(N3CCCC3)cc2F)C1. The first-order valence-corrected chi connectivity index (χ1v) is 7.78. The van der Waals surface area contributed by atoms with Crippen molar-refractivity contribution in [3.8, 4) is 6.19 Å². The first-order chi connectivity index (χ1) is 11.1. The van der Waals surface area contributed by atoms with Crippen molar-refractivity contribution in [3.63, 3.8) is 0 Å². The van der Waals surface area contributed by atoms with Gasteiger partial charge in [-0.15, -0.1) is 0 Å². The number of nitrogens with zero attached hydrogens (tertiary/aromatic N) is 3. The number of amides is 1. The number of nitrogens with one attached hydrogen (secondary N) is 1. The van der Waals surface area contributed by atoms with Crippen molar-refractivity contribution in [2.45, 2.75) is 25.3 Å². The molecule has 2 aliphatic heterocycles. The Kier molecular flexibility index (Phi) is 4.33. The van der Waals surface area contributed by atoms with Crippen LogP contribution in [0.25, 0.3) is 0 Å². The number of rotatable bonds is 3. The van der Waals surface area contributed by atoms with Crippen LogP contribution in [0, 0.1) is 23.1 Å². The van der Waals surface area contributed by atoms with Gasteiger partial charge in [0.2, 0.25) is 0 Å². The van der Waals surface area contributed by atoms with Crippen LogP contribution in [0.3, 0.4) is 0 Å². The molecule has 5 nitrogen and oxygen atoms in total. The second-order valence-corrected chi connectivity index (χ2v) is 5.98. The average Bonchev–Trinajstić information content (AvgIpc) is 3.20. The maximum absolute atomic E-state index is 14.2. The van der Waals surface area contributed by atoms with Crippen LogP contribution in [-0.2, 0) is 0 Å². The summed E-state index contributed by atoms with van der Waals surface area (Å²) in [5.74, 6) is -1.94. The summed E-state index contributed by atoms with van der Waals surface area (Å²) in [4.78, 5) is 15.5. The Morgan fingerprint density at radius 1 is 1.22 bits per heavy atom. The third-order valence-electron chi connectivity index (χ3n) is 4.39. The Morgan fingerprint density at radius 3 is 2.61 bits per heavy atom. The summed E-state index contributed by atoms with van der Waals surface area (Å²) >= 11 is 0. The molecule has 23 heavy (non-hydrogen) atoms. The first-order valence-electron chi connectivity index (χ1n) is 7.78. The van der Waals surface area contributed by atoms with E-state index >= 15 is 0 Å². The van der Waals surface area contributed by atoms with E-state index in [1.807, 2.05) is 6.19 Å². The lowest BCUT2D eigenvalue weighted by Gasteiger charge is -2.19. The summed E-state index contributed by atoms with van der Waals surface area (Å²) in [6.07, 6.45) is 4.55. The smallest absolute Gasteiger partial charge is 0.254 e. The molecule has 1 N–H and O–H groups in total. The Hall–Kier alpha value is -2.36. The number of likely N-dealkylation sites (tertiary alicyclic amines) is 1. The van der Waals surface area contributed by atoms with Gasteiger partial charge in [-0.1, -0.05) is 0 Å². The molecule has 0 aliphatic carbocycles. The number of carbonyl (C=O) groups is 1. The largest absolute Gasteiger partial charge is 0.369 e. The minimum absolute atomic E-state index is 0.216. The van der Waals surface area contributed by atoms with Crippen LogP contribution in [0.4, 0.5) is 14.5 Å². The molecule has 2 heterocycles. The third kappa shape index (κ3) is 3.21. The molecule has 1 amide bonds. The molecule has 0 radical (unpaired) electrons. The summed E-state index contributed by atoms with van der Waals surface area (Å²) in [7, 11) is 0. The molecule has 1 unspecified atom stereocenters. The Labute approximate surface area is 133 Å². The fourth-order valence-corrected chi connectivity index (χ4v) is 3.14. The predicted molar refractivity (Wildman–Crippen MR) is 80.9 cm³/mol. The highest BCUT2D eigenvalue weighted by atomic mass is 19.1. The summed E-state index contributed by atoms with van der Waals surface area (Å²) in [6.45, 7) is 2.37. The molecular formula is C16H18F2N4O. The molecule has 1 atom stereocenters. The highest BCUT2D eigenvalue weighted by Gasteiger charge is 2.26. The van der Waals surface area contributed by atoms with Crippen LogP contribution in [0.2, 0.25) is 0 Å². The summed E-state index contributed by atoms with van der Waals surface area (Å²) in [5, 5.41) is 11.5. The molecule has 7 heteroatoms. The zero-order valence-corrected chi connectivity index (χ0v) is 12.7. The summed E-state index contributed by atoms with van der Waals surface area (Å²) in [5.41, 5.74) is -0.0751. The lowest BCUT2D eigenvalue weighted by molar-refractivity contribution is 0.0934. The van der Waals surface area contributed by atoms with Crippen LogP contribution in [-0.4, -0.2) is 43.0 Å². The molecule has 1 aromatic carbocycles. The highest BCUT2D eigenvalue weighted by molar-refractivity contribution is 5.95. The Bertz CT molecular complexity index is 652. The van der Waals surface area contributed by atoms with Gasteiger partial charge in [0, 0.05) is 38.3 Å². The van der Waals surface area contributed by atoms with E-state index in [1.54, 1.807) is 4.90 Å². The lowest BCUT2D eigenvalue weighted by atomic mass is 10.1. The van der Waals surface area contributed by atoms with Gasteiger partial charge in [-0.05, 0) is 25.3 Å². The van der Waals surface area contributed by atoms with Crippen molar-refractivity contribution in [2.75, 3.05) is 31.1 Å². The van der Waals surface area contributed by atoms with Gasteiger partial charge < -0.3 is 15.1 Å². The molecule has 2 fully saturated rings. The van der Waals surface area contributed by atoms with Gasteiger partial charge in [0.1, 0.15) is 11.6 Å². The van der Waals surface area contributed by atoms with Gasteiger partial charge in [-0.25, -0.2) is 8.78 Å². The van der Waals surface area contributed by atoms with E-state index in [1.165, 1.54) is 4.90 Å². The molecule has 0 spiro atoms. The lowest BCUT2D eigenvalue weighted by Crippen LogP contribution is -2.37. The maximum Gasteiger partial charge on any atom is 0.254 e. The topological polar surface area (TPSA) is 59.4 Å². The molecule has 0 bridgehead atoms. The first kappa shape index (κ1) is 15.5. The van der Waals surface area contributed by atoms with Crippen molar-refractivity contribution in [1.29, 1.82) is 5.26 Å². The second kappa shape index (κ2) is 6.41. The van der Waals surface area contributed by atoms with E-state index < -0.39 is 17.5 Å². The number of hydrogen-bond donors (Lipinski definition) is 1.